The number of hydrogen-bond acceptors (Lipinski definition) is 8. The lowest BCUT2D eigenvalue weighted by atomic mass is 9.90. The predicted octanol–water partition coefficient (Wildman–Crippen LogP) is 3.59. The molecule has 208 valence electrons. The number of rotatable bonds is 9. The van der Waals surface area contributed by atoms with Gasteiger partial charge in [0.15, 0.2) is 11.4 Å². The van der Waals surface area contributed by atoms with E-state index in [1.807, 2.05) is 50.0 Å². The minimum atomic E-state index is -3.62. The molecule has 0 atom stereocenters. The number of aromatic nitrogens is 4. The van der Waals surface area contributed by atoms with Crippen molar-refractivity contribution in [1.29, 1.82) is 0 Å². The number of aryl methyl sites for hydroxylation is 1. The number of piperidine rings is 1. The van der Waals surface area contributed by atoms with Crippen LogP contribution in [-0.4, -0.2) is 67.5 Å². The number of fused-ring (bicyclic) bond motifs is 1. The number of aliphatic hydroxyl groups excluding tert-OH is 1. The third-order valence-electron chi connectivity index (χ3n) is 6.79. The molecule has 1 aromatic carbocycles. The van der Waals surface area contributed by atoms with E-state index in [1.165, 1.54) is 11.8 Å². The number of ether oxygens (including phenoxy) is 1. The summed E-state index contributed by atoms with van der Waals surface area (Å²) in [4.78, 5) is 9.41. The molecular weight excluding hydrogens is 538 g/mol. The van der Waals surface area contributed by atoms with Crippen LogP contribution >= 0.6 is 11.8 Å². The van der Waals surface area contributed by atoms with Crippen molar-refractivity contribution in [2.75, 3.05) is 13.1 Å². The fourth-order valence-electron chi connectivity index (χ4n) is 4.93. The van der Waals surface area contributed by atoms with Crippen LogP contribution in [0.2, 0.25) is 0 Å². The number of sulfonamides is 1. The van der Waals surface area contributed by atoms with Crippen molar-refractivity contribution in [2.45, 2.75) is 66.6 Å². The maximum Gasteiger partial charge on any atom is 0.243 e. The quantitative estimate of drug-likeness (QED) is 0.292. The molecule has 1 saturated heterocycles. The molecule has 39 heavy (non-hydrogen) atoms. The molecule has 10 nitrogen and oxygen atoms in total. The topological polar surface area (TPSA) is 123 Å². The van der Waals surface area contributed by atoms with Gasteiger partial charge in [-0.05, 0) is 86.3 Å². The molecular formula is C27H33N5O5S2. The highest BCUT2D eigenvalue weighted by atomic mass is 32.2. The van der Waals surface area contributed by atoms with Crippen molar-refractivity contribution < 1.29 is 23.4 Å². The van der Waals surface area contributed by atoms with Gasteiger partial charge in [-0.25, -0.2) is 18.4 Å². The molecule has 0 radical (unpaired) electrons. The number of nitrogens with zero attached hydrogens (tertiary/aromatic N) is 5. The summed E-state index contributed by atoms with van der Waals surface area (Å²) in [5.74, 6) is 0.759. The van der Waals surface area contributed by atoms with Crippen LogP contribution in [0.1, 0.15) is 38.2 Å². The Balaban J connectivity index is 1.35. The molecule has 0 saturated carbocycles. The zero-order valence-electron chi connectivity index (χ0n) is 22.1. The maximum absolute atomic E-state index is 13.3. The highest BCUT2D eigenvalue weighted by Crippen LogP contribution is 2.37. The van der Waals surface area contributed by atoms with Gasteiger partial charge in [0, 0.05) is 44.1 Å². The second-order valence-corrected chi connectivity index (χ2v) is 12.9. The van der Waals surface area contributed by atoms with Crippen molar-refractivity contribution in [3.05, 3.63) is 60.6 Å². The summed E-state index contributed by atoms with van der Waals surface area (Å²) < 4.78 is 37.5. The third kappa shape index (κ3) is 5.99. The van der Waals surface area contributed by atoms with Crippen LogP contribution in [0.3, 0.4) is 0 Å². The lowest BCUT2D eigenvalue weighted by Crippen LogP contribution is -2.37. The molecule has 5 rings (SSSR count). The first-order valence-corrected chi connectivity index (χ1v) is 15.2. The number of pyridine rings is 1. The van der Waals surface area contributed by atoms with Gasteiger partial charge in [0.1, 0.15) is 16.4 Å². The Morgan fingerprint density at radius 2 is 1.82 bits per heavy atom. The molecule has 0 aliphatic carbocycles. The fraction of sp³-hybridized carbons (Fsp3) is 0.407. The third-order valence-corrected chi connectivity index (χ3v) is 9.71. The molecule has 0 bridgehead atoms. The standard InChI is InChI=1S/C27H33N5O5S2/c1-18(2)37-20-4-6-21(7-5-20)39(35,36)32-13-10-19(11-14-32)23-16-31(17-25(33)34)26-22(23)8-9-24(29-26)38-27-28-12-15-30(27)3/h4-9,12,15-16,18-19,25,33-34H,10-11,13-14,17H2,1-3H3. The van der Waals surface area contributed by atoms with E-state index in [4.69, 9.17) is 9.72 Å². The molecule has 1 fully saturated rings. The highest BCUT2D eigenvalue weighted by molar-refractivity contribution is 7.99. The lowest BCUT2D eigenvalue weighted by Gasteiger charge is -2.31. The molecule has 1 aliphatic heterocycles. The van der Waals surface area contributed by atoms with Gasteiger partial charge in [-0.15, -0.1) is 0 Å². The first-order valence-electron chi connectivity index (χ1n) is 12.9. The highest BCUT2D eigenvalue weighted by Gasteiger charge is 2.31. The summed E-state index contributed by atoms with van der Waals surface area (Å²) in [7, 11) is -1.70. The molecule has 1 aliphatic rings. The van der Waals surface area contributed by atoms with Crippen LogP contribution in [0.4, 0.5) is 0 Å². The van der Waals surface area contributed by atoms with E-state index in [0.29, 0.717) is 37.3 Å². The van der Waals surface area contributed by atoms with E-state index in [0.717, 1.165) is 21.1 Å². The van der Waals surface area contributed by atoms with Gasteiger partial charge in [0.25, 0.3) is 0 Å². The Labute approximate surface area is 232 Å². The van der Waals surface area contributed by atoms with Gasteiger partial charge < -0.3 is 24.1 Å². The summed E-state index contributed by atoms with van der Waals surface area (Å²) >= 11 is 1.43. The van der Waals surface area contributed by atoms with E-state index in [1.54, 1.807) is 39.3 Å². The van der Waals surface area contributed by atoms with Gasteiger partial charge in [-0.3, -0.25) is 0 Å². The van der Waals surface area contributed by atoms with E-state index in [9.17, 15) is 18.6 Å². The van der Waals surface area contributed by atoms with E-state index >= 15 is 0 Å². The maximum atomic E-state index is 13.3. The number of aliphatic hydroxyl groups is 2. The van der Waals surface area contributed by atoms with Crippen LogP contribution < -0.4 is 4.74 Å². The Hall–Kier alpha value is -2.90. The van der Waals surface area contributed by atoms with Crippen LogP contribution in [0, 0.1) is 0 Å². The van der Waals surface area contributed by atoms with E-state index < -0.39 is 16.3 Å². The summed E-state index contributed by atoms with van der Waals surface area (Å²) in [6.45, 7) is 4.63. The van der Waals surface area contributed by atoms with Crippen molar-refractivity contribution in [3.8, 4) is 5.75 Å². The minimum Gasteiger partial charge on any atom is -0.491 e. The Bertz CT molecular complexity index is 1540. The predicted molar refractivity (Wildman–Crippen MR) is 148 cm³/mol. The summed E-state index contributed by atoms with van der Waals surface area (Å²) in [5, 5.41) is 21.9. The zero-order chi connectivity index (χ0) is 27.7. The summed E-state index contributed by atoms with van der Waals surface area (Å²) in [6, 6.07) is 10.5. The summed E-state index contributed by atoms with van der Waals surface area (Å²) in [5.41, 5.74) is 1.70. The Morgan fingerprint density at radius 3 is 2.44 bits per heavy atom. The zero-order valence-corrected chi connectivity index (χ0v) is 23.8. The Kier molecular flexibility index (Phi) is 8.01. The first-order chi connectivity index (χ1) is 18.6. The number of benzene rings is 1. The number of imidazole rings is 1. The summed E-state index contributed by atoms with van der Waals surface area (Å²) in [6.07, 6.45) is 5.31. The van der Waals surface area contributed by atoms with Crippen molar-refractivity contribution >= 4 is 32.8 Å². The molecule has 0 amide bonds. The minimum absolute atomic E-state index is 0.0102. The fourth-order valence-corrected chi connectivity index (χ4v) is 7.18. The van der Waals surface area contributed by atoms with Gasteiger partial charge in [0.2, 0.25) is 10.0 Å². The largest absolute Gasteiger partial charge is 0.491 e. The van der Waals surface area contributed by atoms with Gasteiger partial charge >= 0.3 is 0 Å². The first kappa shape index (κ1) is 27.7. The van der Waals surface area contributed by atoms with E-state index in [-0.39, 0.29) is 23.5 Å². The van der Waals surface area contributed by atoms with Crippen LogP contribution in [0.15, 0.2) is 70.1 Å². The lowest BCUT2D eigenvalue weighted by molar-refractivity contribution is -0.0506. The van der Waals surface area contributed by atoms with Gasteiger partial charge in [-0.1, -0.05) is 0 Å². The average Bonchev–Trinajstić information content (AvgIpc) is 3.46. The molecule has 0 spiro atoms. The van der Waals surface area contributed by atoms with Crippen molar-refractivity contribution in [2.24, 2.45) is 7.05 Å². The number of hydrogen-bond donors (Lipinski definition) is 2. The smallest absolute Gasteiger partial charge is 0.243 e. The molecule has 12 heteroatoms. The molecule has 4 heterocycles. The molecule has 2 N–H and O–H groups in total. The van der Waals surface area contributed by atoms with E-state index in [2.05, 4.69) is 4.98 Å². The van der Waals surface area contributed by atoms with Gasteiger partial charge in [0.05, 0.1) is 17.5 Å². The monoisotopic (exact) mass is 571 g/mol. The molecule has 0 unspecified atom stereocenters. The van der Waals surface area contributed by atoms with Crippen LogP contribution in [-0.2, 0) is 23.6 Å². The second-order valence-electron chi connectivity index (χ2n) is 9.98. The normalized spacial score (nSPS) is 15.6. The van der Waals surface area contributed by atoms with Gasteiger partial charge in [-0.2, -0.15) is 4.31 Å². The Morgan fingerprint density at radius 1 is 1.10 bits per heavy atom. The van der Waals surface area contributed by atoms with Crippen LogP contribution in [0.25, 0.3) is 11.0 Å². The van der Waals surface area contributed by atoms with Crippen molar-refractivity contribution in [3.63, 3.8) is 0 Å². The van der Waals surface area contributed by atoms with Crippen LogP contribution in [0.5, 0.6) is 5.75 Å². The second kappa shape index (κ2) is 11.3. The SMILES string of the molecule is CC(C)Oc1ccc(S(=O)(=O)N2CCC(c3cn(CC(O)O)c4nc(Sc5nccn5C)ccc34)CC2)cc1. The molecule has 4 aromatic rings. The average molecular weight is 572 g/mol. The molecule has 3 aromatic heterocycles. The van der Waals surface area contributed by atoms with Crippen molar-refractivity contribution in [1.82, 2.24) is 23.4 Å².